The normalized spacial score (nSPS) is 32.2. The molecule has 0 saturated heterocycles. The van der Waals surface area contributed by atoms with E-state index in [2.05, 4.69) is 44.7 Å². The van der Waals surface area contributed by atoms with Crippen LogP contribution in [0.5, 0.6) is 0 Å². The molecule has 114 valence electrons. The Hall–Kier alpha value is -0.120. The number of likely N-dealkylation sites (N-methyl/N-ethyl adjacent to an activating group) is 1. The van der Waals surface area contributed by atoms with Crippen molar-refractivity contribution in [2.75, 3.05) is 40.3 Å². The van der Waals surface area contributed by atoms with Crippen LogP contribution in [0.2, 0.25) is 0 Å². The molecule has 0 aromatic rings. The van der Waals surface area contributed by atoms with Gasteiger partial charge in [-0.05, 0) is 58.2 Å². The molecule has 0 radical (unpaired) electrons. The highest BCUT2D eigenvalue weighted by molar-refractivity contribution is 4.97. The lowest BCUT2D eigenvalue weighted by molar-refractivity contribution is 0.0173. The minimum Gasteiger partial charge on any atom is -0.329 e. The Bertz CT molecular complexity index is 254. The van der Waals surface area contributed by atoms with Gasteiger partial charge in [0.2, 0.25) is 0 Å². The van der Waals surface area contributed by atoms with Crippen molar-refractivity contribution in [1.29, 1.82) is 0 Å². The Morgan fingerprint density at radius 3 is 2.26 bits per heavy atom. The van der Waals surface area contributed by atoms with Crippen molar-refractivity contribution >= 4 is 0 Å². The fraction of sp³-hybridized carbons (Fsp3) is 1.00. The lowest BCUT2D eigenvalue weighted by atomic mass is 9.70. The van der Waals surface area contributed by atoms with E-state index in [1.54, 1.807) is 0 Å². The summed E-state index contributed by atoms with van der Waals surface area (Å²) in [6.45, 7) is 11.4. The zero-order valence-corrected chi connectivity index (χ0v) is 13.8. The first-order chi connectivity index (χ1) is 8.95. The van der Waals surface area contributed by atoms with E-state index in [0.717, 1.165) is 31.5 Å². The van der Waals surface area contributed by atoms with Crippen LogP contribution in [-0.4, -0.2) is 55.6 Å². The van der Waals surface area contributed by atoms with Crippen molar-refractivity contribution in [2.45, 2.75) is 52.0 Å². The number of hydrogen-bond acceptors (Lipinski definition) is 3. The molecule has 19 heavy (non-hydrogen) atoms. The minimum atomic E-state index is 0.262. The molecule has 1 saturated carbocycles. The zero-order chi connectivity index (χ0) is 14.5. The van der Waals surface area contributed by atoms with Gasteiger partial charge in [0.05, 0.1) is 0 Å². The minimum absolute atomic E-state index is 0.262. The van der Waals surface area contributed by atoms with Crippen molar-refractivity contribution in [3.8, 4) is 0 Å². The lowest BCUT2D eigenvalue weighted by Crippen LogP contribution is -2.58. The third kappa shape index (κ3) is 4.44. The molecular weight excluding hydrogens is 234 g/mol. The van der Waals surface area contributed by atoms with Gasteiger partial charge in [-0.25, -0.2) is 0 Å². The lowest BCUT2D eigenvalue weighted by Gasteiger charge is -2.50. The highest BCUT2D eigenvalue weighted by atomic mass is 15.2. The smallest absolute Gasteiger partial charge is 0.0335 e. The van der Waals surface area contributed by atoms with Gasteiger partial charge in [0.25, 0.3) is 0 Å². The van der Waals surface area contributed by atoms with Crippen LogP contribution in [0, 0.1) is 11.8 Å². The Balaban J connectivity index is 2.76. The standard InChI is InChI=1S/C16H35N3/c1-6-9-19(11-10-18(4)5)16(13-17)8-7-14(2)15(3)12-16/h14-15H,6-13,17H2,1-5H3. The number of nitrogens with two attached hydrogens (primary N) is 1. The maximum absolute atomic E-state index is 6.23. The van der Waals surface area contributed by atoms with E-state index in [1.165, 1.54) is 32.2 Å². The van der Waals surface area contributed by atoms with Crippen LogP contribution < -0.4 is 5.73 Å². The summed E-state index contributed by atoms with van der Waals surface area (Å²) in [5.74, 6) is 1.66. The highest BCUT2D eigenvalue weighted by Gasteiger charge is 2.40. The van der Waals surface area contributed by atoms with Crippen LogP contribution in [0.1, 0.15) is 46.5 Å². The summed E-state index contributed by atoms with van der Waals surface area (Å²) in [6, 6.07) is 0. The summed E-state index contributed by atoms with van der Waals surface area (Å²) in [6.07, 6.45) is 5.11. The molecule has 0 aromatic heterocycles. The van der Waals surface area contributed by atoms with Crippen LogP contribution in [0.15, 0.2) is 0 Å². The van der Waals surface area contributed by atoms with E-state index in [0.29, 0.717) is 0 Å². The Kier molecular flexibility index (Phi) is 6.78. The molecule has 3 nitrogen and oxygen atoms in total. The quantitative estimate of drug-likeness (QED) is 0.770. The van der Waals surface area contributed by atoms with Crippen molar-refractivity contribution < 1.29 is 0 Å². The Morgan fingerprint density at radius 1 is 1.11 bits per heavy atom. The molecule has 3 heteroatoms. The molecule has 2 N–H and O–H groups in total. The van der Waals surface area contributed by atoms with Crippen molar-refractivity contribution in [3.05, 3.63) is 0 Å². The molecule has 3 unspecified atom stereocenters. The van der Waals surface area contributed by atoms with E-state index in [4.69, 9.17) is 5.73 Å². The van der Waals surface area contributed by atoms with Gasteiger partial charge in [0, 0.05) is 25.2 Å². The predicted octanol–water partition coefficient (Wildman–Crippen LogP) is 2.41. The van der Waals surface area contributed by atoms with Crippen molar-refractivity contribution in [2.24, 2.45) is 17.6 Å². The third-order valence-corrected chi connectivity index (χ3v) is 5.10. The first kappa shape index (κ1) is 16.9. The summed E-state index contributed by atoms with van der Waals surface area (Å²) < 4.78 is 0. The summed E-state index contributed by atoms with van der Waals surface area (Å²) >= 11 is 0. The average Bonchev–Trinajstić information content (AvgIpc) is 2.38. The predicted molar refractivity (Wildman–Crippen MR) is 84.4 cm³/mol. The molecule has 0 aliphatic heterocycles. The monoisotopic (exact) mass is 269 g/mol. The second kappa shape index (κ2) is 7.61. The van der Waals surface area contributed by atoms with Crippen molar-refractivity contribution in [3.63, 3.8) is 0 Å². The fourth-order valence-electron chi connectivity index (χ4n) is 3.46. The largest absolute Gasteiger partial charge is 0.329 e. The second-order valence-electron chi connectivity index (χ2n) is 6.92. The molecule has 0 bridgehead atoms. The van der Waals surface area contributed by atoms with E-state index in [-0.39, 0.29) is 5.54 Å². The molecule has 1 aliphatic carbocycles. The van der Waals surface area contributed by atoms with Gasteiger partial charge >= 0.3 is 0 Å². The Morgan fingerprint density at radius 2 is 1.79 bits per heavy atom. The van der Waals surface area contributed by atoms with E-state index >= 15 is 0 Å². The van der Waals surface area contributed by atoms with Gasteiger partial charge < -0.3 is 10.6 Å². The summed E-state index contributed by atoms with van der Waals surface area (Å²) in [5, 5.41) is 0. The molecular formula is C16H35N3. The first-order valence-electron chi connectivity index (χ1n) is 8.05. The van der Waals surface area contributed by atoms with Gasteiger partial charge in [-0.3, -0.25) is 4.90 Å². The molecule has 0 aromatic carbocycles. The van der Waals surface area contributed by atoms with Crippen LogP contribution in [0.25, 0.3) is 0 Å². The Labute approximate surface area is 120 Å². The van der Waals surface area contributed by atoms with Gasteiger partial charge in [-0.1, -0.05) is 20.8 Å². The van der Waals surface area contributed by atoms with Gasteiger partial charge in [-0.2, -0.15) is 0 Å². The van der Waals surface area contributed by atoms with Gasteiger partial charge in [0.15, 0.2) is 0 Å². The molecule has 0 heterocycles. The maximum atomic E-state index is 6.23. The molecule has 1 aliphatic rings. The van der Waals surface area contributed by atoms with Gasteiger partial charge in [-0.15, -0.1) is 0 Å². The SMILES string of the molecule is CCCN(CCN(C)C)C1(CN)CCC(C)C(C)C1. The van der Waals surface area contributed by atoms with Crippen molar-refractivity contribution in [1.82, 2.24) is 9.80 Å². The van der Waals surface area contributed by atoms with Crippen LogP contribution in [0.4, 0.5) is 0 Å². The van der Waals surface area contributed by atoms with E-state index in [9.17, 15) is 0 Å². The highest BCUT2D eigenvalue weighted by Crippen LogP contribution is 2.39. The summed E-state index contributed by atoms with van der Waals surface area (Å²) in [4.78, 5) is 4.97. The molecule has 0 amide bonds. The van der Waals surface area contributed by atoms with E-state index in [1.807, 2.05) is 0 Å². The topological polar surface area (TPSA) is 32.5 Å². The first-order valence-corrected chi connectivity index (χ1v) is 8.05. The molecule has 1 fully saturated rings. The van der Waals surface area contributed by atoms with Crippen LogP contribution >= 0.6 is 0 Å². The third-order valence-electron chi connectivity index (χ3n) is 5.10. The average molecular weight is 269 g/mol. The number of hydrogen-bond donors (Lipinski definition) is 1. The fourth-order valence-corrected chi connectivity index (χ4v) is 3.46. The van der Waals surface area contributed by atoms with Crippen LogP contribution in [-0.2, 0) is 0 Å². The number of nitrogens with zero attached hydrogens (tertiary/aromatic N) is 2. The van der Waals surface area contributed by atoms with E-state index < -0.39 is 0 Å². The summed E-state index contributed by atoms with van der Waals surface area (Å²) in [7, 11) is 4.32. The molecule has 3 atom stereocenters. The maximum Gasteiger partial charge on any atom is 0.0335 e. The number of rotatable bonds is 7. The molecule has 1 rings (SSSR count). The second-order valence-corrected chi connectivity index (χ2v) is 6.92. The summed E-state index contributed by atoms with van der Waals surface area (Å²) in [5.41, 5.74) is 6.49. The van der Waals surface area contributed by atoms with Gasteiger partial charge in [0.1, 0.15) is 0 Å². The van der Waals surface area contributed by atoms with Crippen LogP contribution in [0.3, 0.4) is 0 Å². The molecule has 0 spiro atoms. The zero-order valence-electron chi connectivity index (χ0n) is 13.8.